The van der Waals surface area contributed by atoms with E-state index in [0.717, 1.165) is 0 Å². The molecule has 4 heteroatoms. The molecule has 1 aromatic rings. The first-order valence-electron chi connectivity index (χ1n) is 4.75. The number of rotatable bonds is 4. The lowest BCUT2D eigenvalue weighted by Gasteiger charge is -2.18. The van der Waals surface area contributed by atoms with Crippen LogP contribution in [0.1, 0.15) is 13.8 Å². The van der Waals surface area contributed by atoms with Crippen molar-refractivity contribution in [3.05, 3.63) is 30.1 Å². The molecule has 0 bridgehead atoms. The molecule has 0 aliphatic carbocycles. The van der Waals surface area contributed by atoms with Gasteiger partial charge in [0, 0.05) is 11.7 Å². The van der Waals surface area contributed by atoms with Crippen LogP contribution in [0.4, 0.5) is 10.1 Å². The van der Waals surface area contributed by atoms with Gasteiger partial charge in [-0.3, -0.25) is 4.79 Å². The van der Waals surface area contributed by atoms with E-state index in [1.54, 1.807) is 26.0 Å². The average molecular weight is 211 g/mol. The van der Waals surface area contributed by atoms with Gasteiger partial charge in [-0.25, -0.2) is 4.39 Å². The highest BCUT2D eigenvalue weighted by Crippen LogP contribution is 2.14. The Morgan fingerprint density at radius 1 is 1.47 bits per heavy atom. The maximum absolute atomic E-state index is 12.8. The van der Waals surface area contributed by atoms with E-state index in [1.807, 2.05) is 0 Å². The molecule has 0 heterocycles. The summed E-state index contributed by atoms with van der Waals surface area (Å²) in [7, 11) is 0. The fourth-order valence-electron chi connectivity index (χ4n) is 1.18. The Labute approximate surface area is 87.9 Å². The number of aliphatic carboxylic acids is 1. The summed E-state index contributed by atoms with van der Waals surface area (Å²) in [5.74, 6) is -1.73. The molecule has 1 rings (SSSR count). The molecule has 2 atom stereocenters. The largest absolute Gasteiger partial charge is 0.481 e. The molecule has 0 radical (unpaired) electrons. The number of hydrogen-bond acceptors (Lipinski definition) is 2. The Balaban J connectivity index is 2.66. The monoisotopic (exact) mass is 211 g/mol. The van der Waals surface area contributed by atoms with E-state index in [9.17, 15) is 9.18 Å². The van der Waals surface area contributed by atoms with Gasteiger partial charge in [0.25, 0.3) is 0 Å². The zero-order chi connectivity index (χ0) is 11.4. The topological polar surface area (TPSA) is 49.3 Å². The number of halogens is 1. The van der Waals surface area contributed by atoms with Crippen molar-refractivity contribution in [2.75, 3.05) is 5.32 Å². The van der Waals surface area contributed by atoms with Crippen molar-refractivity contribution in [2.45, 2.75) is 19.9 Å². The minimum Gasteiger partial charge on any atom is -0.481 e. The van der Waals surface area contributed by atoms with Gasteiger partial charge >= 0.3 is 5.97 Å². The molecule has 0 aliphatic rings. The molecule has 0 aromatic heterocycles. The van der Waals surface area contributed by atoms with Gasteiger partial charge < -0.3 is 10.4 Å². The van der Waals surface area contributed by atoms with Crippen LogP contribution in [0.25, 0.3) is 0 Å². The van der Waals surface area contributed by atoms with E-state index in [0.29, 0.717) is 5.69 Å². The third-order valence-electron chi connectivity index (χ3n) is 2.36. The summed E-state index contributed by atoms with van der Waals surface area (Å²) < 4.78 is 12.8. The van der Waals surface area contributed by atoms with Gasteiger partial charge in [0.15, 0.2) is 0 Å². The standard InChI is InChI=1S/C11H14FNO2/c1-7(11(14)15)8(2)13-10-5-3-4-9(12)6-10/h3-8,13H,1-2H3,(H,14,15). The quantitative estimate of drug-likeness (QED) is 0.803. The molecule has 0 spiro atoms. The van der Waals surface area contributed by atoms with Gasteiger partial charge in [-0.1, -0.05) is 6.07 Å². The third-order valence-corrected chi connectivity index (χ3v) is 2.36. The summed E-state index contributed by atoms with van der Waals surface area (Å²) in [6.45, 7) is 3.36. The molecule has 0 amide bonds. The summed E-state index contributed by atoms with van der Waals surface area (Å²) in [5, 5.41) is 11.7. The SMILES string of the molecule is CC(Nc1cccc(F)c1)C(C)C(=O)O. The normalized spacial score (nSPS) is 14.3. The van der Waals surface area contributed by atoms with Crippen molar-refractivity contribution in [1.29, 1.82) is 0 Å². The molecule has 0 aliphatic heterocycles. The number of carboxylic acid groups (broad SMARTS) is 1. The van der Waals surface area contributed by atoms with Gasteiger partial charge in [-0.2, -0.15) is 0 Å². The zero-order valence-electron chi connectivity index (χ0n) is 8.70. The lowest BCUT2D eigenvalue weighted by molar-refractivity contribution is -0.141. The fourth-order valence-corrected chi connectivity index (χ4v) is 1.18. The molecule has 0 saturated carbocycles. The minimum atomic E-state index is -0.869. The summed E-state index contributed by atoms with van der Waals surface area (Å²) >= 11 is 0. The fraction of sp³-hybridized carbons (Fsp3) is 0.364. The Morgan fingerprint density at radius 2 is 2.13 bits per heavy atom. The van der Waals surface area contributed by atoms with E-state index in [1.165, 1.54) is 12.1 Å². The van der Waals surface area contributed by atoms with Crippen LogP contribution in [0.2, 0.25) is 0 Å². The third kappa shape index (κ3) is 3.23. The van der Waals surface area contributed by atoms with Crippen LogP contribution in [-0.4, -0.2) is 17.1 Å². The second-order valence-electron chi connectivity index (χ2n) is 3.57. The Kier molecular flexibility index (Phi) is 3.66. The first-order valence-corrected chi connectivity index (χ1v) is 4.75. The highest BCUT2D eigenvalue weighted by Gasteiger charge is 2.18. The van der Waals surface area contributed by atoms with Crippen LogP contribution in [0.5, 0.6) is 0 Å². The van der Waals surface area contributed by atoms with E-state index >= 15 is 0 Å². The number of nitrogens with one attached hydrogen (secondary N) is 1. The smallest absolute Gasteiger partial charge is 0.308 e. The van der Waals surface area contributed by atoms with Gasteiger partial charge in [0.05, 0.1) is 5.92 Å². The lowest BCUT2D eigenvalue weighted by Crippen LogP contribution is -2.29. The molecule has 0 saturated heterocycles. The molecule has 2 unspecified atom stereocenters. The van der Waals surface area contributed by atoms with Gasteiger partial charge in [0.1, 0.15) is 5.82 Å². The molecular weight excluding hydrogens is 197 g/mol. The lowest BCUT2D eigenvalue weighted by atomic mass is 10.0. The summed E-state index contributed by atoms with van der Waals surface area (Å²) in [6, 6.07) is 5.72. The summed E-state index contributed by atoms with van der Waals surface area (Å²) in [5.41, 5.74) is 0.593. The van der Waals surface area contributed by atoms with Crippen molar-refractivity contribution < 1.29 is 14.3 Å². The molecule has 2 N–H and O–H groups in total. The maximum atomic E-state index is 12.8. The number of benzene rings is 1. The summed E-state index contributed by atoms with van der Waals surface area (Å²) in [6.07, 6.45) is 0. The number of anilines is 1. The van der Waals surface area contributed by atoms with Crippen molar-refractivity contribution in [2.24, 2.45) is 5.92 Å². The molecule has 15 heavy (non-hydrogen) atoms. The van der Waals surface area contributed by atoms with Gasteiger partial charge in [-0.15, -0.1) is 0 Å². The van der Waals surface area contributed by atoms with Crippen LogP contribution in [0.3, 0.4) is 0 Å². The van der Waals surface area contributed by atoms with Crippen molar-refractivity contribution in [3.63, 3.8) is 0 Å². The Hall–Kier alpha value is -1.58. The minimum absolute atomic E-state index is 0.246. The first kappa shape index (κ1) is 11.5. The molecule has 0 fully saturated rings. The van der Waals surface area contributed by atoms with E-state index in [4.69, 9.17) is 5.11 Å². The highest BCUT2D eigenvalue weighted by molar-refractivity contribution is 5.71. The molecule has 82 valence electrons. The second-order valence-corrected chi connectivity index (χ2v) is 3.57. The maximum Gasteiger partial charge on any atom is 0.308 e. The van der Waals surface area contributed by atoms with Gasteiger partial charge in [0.2, 0.25) is 0 Å². The average Bonchev–Trinajstić information content (AvgIpc) is 2.16. The van der Waals surface area contributed by atoms with Crippen LogP contribution in [0.15, 0.2) is 24.3 Å². The van der Waals surface area contributed by atoms with Crippen LogP contribution >= 0.6 is 0 Å². The zero-order valence-corrected chi connectivity index (χ0v) is 8.70. The van der Waals surface area contributed by atoms with E-state index in [-0.39, 0.29) is 11.9 Å². The van der Waals surface area contributed by atoms with Crippen molar-refractivity contribution >= 4 is 11.7 Å². The van der Waals surface area contributed by atoms with Crippen molar-refractivity contribution in [1.82, 2.24) is 0 Å². The number of carboxylic acids is 1. The molecular formula is C11H14FNO2. The predicted molar refractivity (Wildman–Crippen MR) is 56.3 cm³/mol. The van der Waals surface area contributed by atoms with Crippen LogP contribution in [-0.2, 0) is 4.79 Å². The summed E-state index contributed by atoms with van der Waals surface area (Å²) in [4.78, 5) is 10.7. The second kappa shape index (κ2) is 4.77. The Bertz CT molecular complexity index is 354. The van der Waals surface area contributed by atoms with Crippen LogP contribution < -0.4 is 5.32 Å². The molecule has 1 aromatic carbocycles. The van der Waals surface area contributed by atoms with E-state index < -0.39 is 11.9 Å². The van der Waals surface area contributed by atoms with E-state index in [2.05, 4.69) is 5.32 Å². The Morgan fingerprint density at radius 3 is 2.67 bits per heavy atom. The highest BCUT2D eigenvalue weighted by atomic mass is 19.1. The first-order chi connectivity index (χ1) is 7.00. The number of hydrogen-bond donors (Lipinski definition) is 2. The molecule has 3 nitrogen and oxygen atoms in total. The van der Waals surface area contributed by atoms with Crippen molar-refractivity contribution in [3.8, 4) is 0 Å². The van der Waals surface area contributed by atoms with Gasteiger partial charge in [-0.05, 0) is 32.0 Å². The van der Waals surface area contributed by atoms with Crippen LogP contribution in [0, 0.1) is 11.7 Å². The number of carbonyl (C=O) groups is 1. The predicted octanol–water partition coefficient (Wildman–Crippen LogP) is 2.35.